The van der Waals surface area contributed by atoms with Gasteiger partial charge in [-0.25, -0.2) is 0 Å². The molecule has 1 unspecified atom stereocenters. The van der Waals surface area contributed by atoms with Gasteiger partial charge >= 0.3 is 0 Å². The second-order valence-electron chi connectivity index (χ2n) is 4.38. The fraction of sp³-hybridized carbons (Fsp3) is 0.818. The van der Waals surface area contributed by atoms with E-state index in [9.17, 15) is 4.79 Å². The smallest absolute Gasteiger partial charge is 0.233 e. The van der Waals surface area contributed by atoms with Crippen molar-refractivity contribution >= 4 is 11.7 Å². The highest BCUT2D eigenvalue weighted by Crippen LogP contribution is 2.04. The molecule has 6 nitrogen and oxygen atoms in total. The van der Waals surface area contributed by atoms with E-state index in [1.165, 1.54) is 0 Å². The normalized spacial score (nSPS) is 13.8. The van der Waals surface area contributed by atoms with Crippen molar-refractivity contribution in [2.45, 2.75) is 20.3 Å². The molecule has 0 heterocycles. The molecule has 0 aliphatic rings. The van der Waals surface area contributed by atoms with E-state index >= 15 is 0 Å². The number of rotatable bonds is 7. The van der Waals surface area contributed by atoms with E-state index in [2.05, 4.69) is 5.16 Å². The van der Waals surface area contributed by atoms with Crippen LogP contribution in [0.1, 0.15) is 20.3 Å². The van der Waals surface area contributed by atoms with E-state index < -0.39 is 5.92 Å². The Morgan fingerprint density at radius 3 is 2.35 bits per heavy atom. The zero-order chi connectivity index (χ0) is 13.4. The molecule has 0 saturated carbocycles. The summed E-state index contributed by atoms with van der Waals surface area (Å²) < 4.78 is 0. The van der Waals surface area contributed by atoms with Gasteiger partial charge in [0.2, 0.25) is 5.91 Å². The lowest BCUT2D eigenvalue weighted by atomic mass is 10.1. The number of nitrogens with two attached hydrogens (primary N) is 1. The molecule has 0 aromatic carbocycles. The third kappa shape index (κ3) is 5.53. The van der Waals surface area contributed by atoms with E-state index in [1.54, 1.807) is 11.8 Å². The van der Waals surface area contributed by atoms with Gasteiger partial charge in [-0.1, -0.05) is 12.1 Å². The van der Waals surface area contributed by atoms with E-state index in [4.69, 9.17) is 10.9 Å². The maximum atomic E-state index is 12.1. The Hall–Kier alpha value is -1.30. The lowest BCUT2D eigenvalue weighted by molar-refractivity contribution is -0.133. The highest BCUT2D eigenvalue weighted by molar-refractivity contribution is 6.01. The van der Waals surface area contributed by atoms with Crippen molar-refractivity contribution in [1.82, 2.24) is 9.80 Å². The molecule has 0 spiro atoms. The minimum atomic E-state index is -0.575. The van der Waals surface area contributed by atoms with Crippen LogP contribution < -0.4 is 5.73 Å². The summed E-state index contributed by atoms with van der Waals surface area (Å²) in [5.74, 6) is -0.710. The predicted octanol–water partition coefficient (Wildman–Crippen LogP) is 0.169. The Kier molecular flexibility index (Phi) is 7.29. The Morgan fingerprint density at radius 1 is 1.35 bits per heavy atom. The summed E-state index contributed by atoms with van der Waals surface area (Å²) in [5.41, 5.74) is 5.45. The molecule has 3 N–H and O–H groups in total. The summed E-state index contributed by atoms with van der Waals surface area (Å²) in [6.45, 7) is 5.81. The molecule has 6 heteroatoms. The first-order chi connectivity index (χ1) is 7.93. The van der Waals surface area contributed by atoms with Crippen molar-refractivity contribution in [2.24, 2.45) is 16.8 Å². The molecule has 0 aromatic rings. The third-order valence-corrected chi connectivity index (χ3v) is 2.55. The molecule has 0 saturated heterocycles. The van der Waals surface area contributed by atoms with Crippen molar-refractivity contribution in [3.8, 4) is 0 Å². The molecule has 0 aromatic heterocycles. The van der Waals surface area contributed by atoms with E-state index in [1.807, 2.05) is 25.9 Å². The molecule has 0 rings (SSSR count). The highest BCUT2D eigenvalue weighted by Gasteiger charge is 2.23. The standard InChI is InChI=1S/C11H24N4O2/c1-5-6-15(8-7-14(3)4)11(16)9(2)10(12)13-17/h9,17H,5-8H2,1-4H3,(H2,12,13). The average Bonchev–Trinajstić information content (AvgIpc) is 2.31. The van der Waals surface area contributed by atoms with Gasteiger partial charge in [-0.05, 0) is 27.4 Å². The largest absolute Gasteiger partial charge is 0.409 e. The summed E-state index contributed by atoms with van der Waals surface area (Å²) in [6.07, 6.45) is 0.891. The van der Waals surface area contributed by atoms with Crippen LogP contribution in [-0.2, 0) is 4.79 Å². The van der Waals surface area contributed by atoms with Crippen LogP contribution in [0.15, 0.2) is 5.16 Å². The van der Waals surface area contributed by atoms with E-state index in [-0.39, 0.29) is 11.7 Å². The number of likely N-dealkylation sites (N-methyl/N-ethyl adjacent to an activating group) is 1. The third-order valence-electron chi connectivity index (χ3n) is 2.55. The quantitative estimate of drug-likeness (QED) is 0.289. The predicted molar refractivity (Wildman–Crippen MR) is 68.0 cm³/mol. The number of amides is 1. The molecule has 0 radical (unpaired) electrons. The van der Waals surface area contributed by atoms with Crippen LogP contribution >= 0.6 is 0 Å². The van der Waals surface area contributed by atoms with Gasteiger partial charge in [0.05, 0.1) is 5.92 Å². The van der Waals surface area contributed by atoms with Gasteiger partial charge in [-0.2, -0.15) is 0 Å². The number of hydrogen-bond donors (Lipinski definition) is 2. The van der Waals surface area contributed by atoms with Gasteiger partial charge in [-0.3, -0.25) is 4.79 Å². The zero-order valence-corrected chi connectivity index (χ0v) is 11.2. The van der Waals surface area contributed by atoms with Crippen molar-refractivity contribution in [2.75, 3.05) is 33.7 Å². The number of carbonyl (C=O) groups excluding carboxylic acids is 1. The fourth-order valence-corrected chi connectivity index (χ4v) is 1.41. The molecular formula is C11H24N4O2. The molecule has 0 aliphatic heterocycles. The lowest BCUT2D eigenvalue weighted by Gasteiger charge is -2.26. The van der Waals surface area contributed by atoms with E-state index in [0.717, 1.165) is 13.0 Å². The summed E-state index contributed by atoms with van der Waals surface area (Å²) in [5, 5.41) is 11.5. The van der Waals surface area contributed by atoms with Crippen molar-refractivity contribution < 1.29 is 10.0 Å². The monoisotopic (exact) mass is 244 g/mol. The topological polar surface area (TPSA) is 82.2 Å². The Balaban J connectivity index is 4.52. The van der Waals surface area contributed by atoms with Gasteiger partial charge in [0.15, 0.2) is 5.84 Å². The molecule has 100 valence electrons. The van der Waals surface area contributed by atoms with Crippen LogP contribution in [0.25, 0.3) is 0 Å². The molecule has 0 fully saturated rings. The molecular weight excluding hydrogens is 220 g/mol. The van der Waals surface area contributed by atoms with Crippen LogP contribution in [0.4, 0.5) is 0 Å². The van der Waals surface area contributed by atoms with Crippen LogP contribution in [0.3, 0.4) is 0 Å². The second-order valence-corrected chi connectivity index (χ2v) is 4.38. The van der Waals surface area contributed by atoms with Gasteiger partial charge in [0.25, 0.3) is 0 Å². The van der Waals surface area contributed by atoms with Crippen LogP contribution in [-0.4, -0.2) is 60.5 Å². The maximum absolute atomic E-state index is 12.1. The number of amidine groups is 1. The first-order valence-electron chi connectivity index (χ1n) is 5.84. The van der Waals surface area contributed by atoms with Crippen LogP contribution in [0, 0.1) is 5.92 Å². The Bertz CT molecular complexity index is 266. The maximum Gasteiger partial charge on any atom is 0.233 e. The fourth-order valence-electron chi connectivity index (χ4n) is 1.41. The molecule has 0 bridgehead atoms. The average molecular weight is 244 g/mol. The summed E-state index contributed by atoms with van der Waals surface area (Å²) in [7, 11) is 3.92. The minimum Gasteiger partial charge on any atom is -0.409 e. The zero-order valence-electron chi connectivity index (χ0n) is 11.2. The first-order valence-corrected chi connectivity index (χ1v) is 5.84. The highest BCUT2D eigenvalue weighted by atomic mass is 16.4. The lowest BCUT2D eigenvalue weighted by Crippen LogP contribution is -2.43. The number of hydrogen-bond acceptors (Lipinski definition) is 4. The van der Waals surface area contributed by atoms with Crippen molar-refractivity contribution in [3.05, 3.63) is 0 Å². The molecule has 17 heavy (non-hydrogen) atoms. The van der Waals surface area contributed by atoms with Gasteiger partial charge in [0.1, 0.15) is 0 Å². The summed E-state index contributed by atoms with van der Waals surface area (Å²) in [6, 6.07) is 0. The number of nitrogens with zero attached hydrogens (tertiary/aromatic N) is 3. The second kappa shape index (κ2) is 7.89. The molecule has 0 aliphatic carbocycles. The van der Waals surface area contributed by atoms with Gasteiger partial charge < -0.3 is 20.7 Å². The van der Waals surface area contributed by atoms with Gasteiger partial charge in [-0.15, -0.1) is 0 Å². The Labute approximate surface area is 103 Å². The Morgan fingerprint density at radius 2 is 1.94 bits per heavy atom. The van der Waals surface area contributed by atoms with Crippen molar-refractivity contribution in [1.29, 1.82) is 0 Å². The van der Waals surface area contributed by atoms with E-state index in [0.29, 0.717) is 13.1 Å². The van der Waals surface area contributed by atoms with Gasteiger partial charge in [0, 0.05) is 19.6 Å². The number of oxime groups is 1. The SMILES string of the molecule is CCCN(CCN(C)C)C(=O)C(C)C(N)=NO. The van der Waals surface area contributed by atoms with Crippen LogP contribution in [0.2, 0.25) is 0 Å². The van der Waals surface area contributed by atoms with Crippen molar-refractivity contribution in [3.63, 3.8) is 0 Å². The first kappa shape index (κ1) is 15.7. The minimum absolute atomic E-state index is 0.0408. The summed E-state index contributed by atoms with van der Waals surface area (Å²) >= 11 is 0. The summed E-state index contributed by atoms with van der Waals surface area (Å²) in [4.78, 5) is 15.9. The van der Waals surface area contributed by atoms with Crippen LogP contribution in [0.5, 0.6) is 0 Å². The molecule has 1 atom stereocenters. The molecule has 1 amide bonds. The number of carbonyl (C=O) groups is 1.